The summed E-state index contributed by atoms with van der Waals surface area (Å²) in [5, 5.41) is 3.58. The number of fused-ring (bicyclic) bond motifs is 1. The number of aryl methyl sites for hydroxylation is 1. The minimum absolute atomic E-state index is 0.0138. The lowest BCUT2D eigenvalue weighted by molar-refractivity contribution is -0.124. The predicted molar refractivity (Wildman–Crippen MR) is 111 cm³/mol. The first-order chi connectivity index (χ1) is 14.1. The molecule has 1 N–H and O–H groups in total. The van der Waals surface area contributed by atoms with E-state index in [0.717, 1.165) is 12.8 Å². The highest BCUT2D eigenvalue weighted by molar-refractivity contribution is 5.77. The SMILES string of the molecule is Cc1nc2ccccc2c(=O)n1CCNC(=O)CC1(n2cccc2)CCOCC1. The second-order valence-electron chi connectivity index (χ2n) is 7.59. The largest absolute Gasteiger partial charge is 0.381 e. The van der Waals surface area contributed by atoms with Gasteiger partial charge in [0.1, 0.15) is 5.82 Å². The molecule has 3 aromatic rings. The monoisotopic (exact) mass is 394 g/mol. The molecule has 0 bridgehead atoms. The molecule has 0 unspecified atom stereocenters. The summed E-state index contributed by atoms with van der Waals surface area (Å²) in [6.45, 7) is 3.91. The van der Waals surface area contributed by atoms with Crippen LogP contribution in [0.4, 0.5) is 0 Å². The Morgan fingerprint density at radius 2 is 1.90 bits per heavy atom. The summed E-state index contributed by atoms with van der Waals surface area (Å²) in [6.07, 6.45) is 6.05. The molecule has 1 aromatic carbocycles. The molecule has 1 saturated heterocycles. The van der Waals surface area contributed by atoms with E-state index in [1.807, 2.05) is 49.6 Å². The number of aromatic nitrogens is 3. The summed E-state index contributed by atoms with van der Waals surface area (Å²) >= 11 is 0. The van der Waals surface area contributed by atoms with Crippen molar-refractivity contribution in [2.45, 2.75) is 38.3 Å². The van der Waals surface area contributed by atoms with E-state index < -0.39 is 0 Å². The molecule has 2 aromatic heterocycles. The zero-order valence-electron chi connectivity index (χ0n) is 16.6. The molecule has 7 heteroatoms. The van der Waals surface area contributed by atoms with Crippen molar-refractivity contribution in [1.82, 2.24) is 19.4 Å². The Hall–Kier alpha value is -2.93. The van der Waals surface area contributed by atoms with E-state index in [1.54, 1.807) is 10.6 Å². The molecule has 152 valence electrons. The Bertz CT molecular complexity index is 1050. The summed E-state index contributed by atoms with van der Waals surface area (Å²) in [5.41, 5.74) is 0.377. The lowest BCUT2D eigenvalue weighted by Gasteiger charge is -2.38. The molecule has 0 atom stereocenters. The van der Waals surface area contributed by atoms with Crippen molar-refractivity contribution in [3.05, 3.63) is 65.0 Å². The van der Waals surface area contributed by atoms with Crippen LogP contribution in [0.5, 0.6) is 0 Å². The van der Waals surface area contributed by atoms with Gasteiger partial charge in [0, 0.05) is 38.7 Å². The van der Waals surface area contributed by atoms with Gasteiger partial charge in [-0.3, -0.25) is 14.2 Å². The molecule has 1 amide bonds. The number of hydrogen-bond donors (Lipinski definition) is 1. The molecule has 0 spiro atoms. The molecule has 0 aliphatic carbocycles. The van der Waals surface area contributed by atoms with Crippen LogP contribution >= 0.6 is 0 Å². The fraction of sp³-hybridized carbons (Fsp3) is 0.409. The third-order valence-electron chi connectivity index (χ3n) is 5.78. The molecule has 0 saturated carbocycles. The molecular weight excluding hydrogens is 368 g/mol. The number of para-hydroxylation sites is 1. The minimum Gasteiger partial charge on any atom is -0.381 e. The maximum absolute atomic E-state index is 12.7. The van der Waals surface area contributed by atoms with Crippen molar-refractivity contribution in [3.63, 3.8) is 0 Å². The number of nitrogens with zero attached hydrogens (tertiary/aromatic N) is 3. The second kappa shape index (κ2) is 8.21. The minimum atomic E-state index is -0.247. The van der Waals surface area contributed by atoms with Crippen LogP contribution in [0.1, 0.15) is 25.1 Å². The van der Waals surface area contributed by atoms with Gasteiger partial charge in [0.2, 0.25) is 5.91 Å². The summed E-state index contributed by atoms with van der Waals surface area (Å²) < 4.78 is 9.27. The van der Waals surface area contributed by atoms with Gasteiger partial charge in [-0.15, -0.1) is 0 Å². The number of rotatable bonds is 6. The van der Waals surface area contributed by atoms with E-state index in [0.29, 0.717) is 49.5 Å². The van der Waals surface area contributed by atoms with Gasteiger partial charge in [-0.05, 0) is 44.0 Å². The molecular formula is C22H26N4O3. The van der Waals surface area contributed by atoms with Crippen molar-refractivity contribution < 1.29 is 9.53 Å². The maximum Gasteiger partial charge on any atom is 0.261 e. The normalized spacial score (nSPS) is 16.0. The summed E-state index contributed by atoms with van der Waals surface area (Å²) in [7, 11) is 0. The fourth-order valence-electron chi connectivity index (χ4n) is 4.14. The zero-order chi connectivity index (χ0) is 20.3. The molecule has 29 heavy (non-hydrogen) atoms. The smallest absolute Gasteiger partial charge is 0.261 e. The Kier molecular flexibility index (Phi) is 5.49. The van der Waals surface area contributed by atoms with Crippen molar-refractivity contribution in [2.75, 3.05) is 19.8 Å². The van der Waals surface area contributed by atoms with E-state index in [1.165, 1.54) is 0 Å². The van der Waals surface area contributed by atoms with Gasteiger partial charge in [-0.2, -0.15) is 0 Å². The summed E-state index contributed by atoms with van der Waals surface area (Å²) in [4.78, 5) is 30.0. The predicted octanol–water partition coefficient (Wildman–Crippen LogP) is 2.22. The average molecular weight is 394 g/mol. The molecule has 4 rings (SSSR count). The quantitative estimate of drug-likeness (QED) is 0.695. The fourth-order valence-corrected chi connectivity index (χ4v) is 4.14. The number of carbonyl (C=O) groups excluding carboxylic acids is 1. The molecule has 1 aliphatic rings. The van der Waals surface area contributed by atoms with Crippen LogP contribution in [0.25, 0.3) is 10.9 Å². The number of benzene rings is 1. The number of amides is 1. The van der Waals surface area contributed by atoms with Gasteiger partial charge < -0.3 is 14.6 Å². The van der Waals surface area contributed by atoms with Crippen LogP contribution in [-0.4, -0.2) is 39.8 Å². The Labute approximate surface area is 169 Å². The molecule has 1 fully saturated rings. The van der Waals surface area contributed by atoms with Crippen LogP contribution in [0.2, 0.25) is 0 Å². The van der Waals surface area contributed by atoms with Crippen LogP contribution in [0, 0.1) is 6.92 Å². The molecule has 3 heterocycles. The van der Waals surface area contributed by atoms with E-state index in [4.69, 9.17) is 4.74 Å². The maximum atomic E-state index is 12.7. The Balaban J connectivity index is 1.43. The molecule has 0 radical (unpaired) electrons. The Morgan fingerprint density at radius 3 is 2.66 bits per heavy atom. The number of carbonyl (C=O) groups is 1. The number of ether oxygens (including phenoxy) is 1. The number of nitrogens with one attached hydrogen (secondary N) is 1. The van der Waals surface area contributed by atoms with Gasteiger partial charge in [0.25, 0.3) is 5.56 Å². The summed E-state index contributed by atoms with van der Waals surface area (Å²) in [6, 6.07) is 11.3. The van der Waals surface area contributed by atoms with Gasteiger partial charge >= 0.3 is 0 Å². The first-order valence-corrected chi connectivity index (χ1v) is 10.0. The van der Waals surface area contributed by atoms with Crippen LogP contribution in [0.15, 0.2) is 53.6 Å². The first-order valence-electron chi connectivity index (χ1n) is 10.0. The van der Waals surface area contributed by atoms with Crippen LogP contribution in [0.3, 0.4) is 0 Å². The van der Waals surface area contributed by atoms with Crippen LogP contribution < -0.4 is 10.9 Å². The van der Waals surface area contributed by atoms with E-state index >= 15 is 0 Å². The highest BCUT2D eigenvalue weighted by Gasteiger charge is 2.36. The van der Waals surface area contributed by atoms with Crippen LogP contribution in [-0.2, 0) is 21.6 Å². The average Bonchev–Trinajstić information content (AvgIpc) is 3.27. The van der Waals surface area contributed by atoms with Crippen molar-refractivity contribution in [3.8, 4) is 0 Å². The van der Waals surface area contributed by atoms with E-state index in [2.05, 4.69) is 14.9 Å². The van der Waals surface area contributed by atoms with E-state index in [9.17, 15) is 9.59 Å². The lowest BCUT2D eigenvalue weighted by Crippen LogP contribution is -2.44. The highest BCUT2D eigenvalue weighted by Crippen LogP contribution is 2.32. The first kappa shape index (κ1) is 19.4. The standard InChI is InChI=1S/C22H26N4O3/c1-17-24-19-7-3-2-6-18(19)21(28)26(17)13-10-23-20(27)16-22(8-14-29-15-9-22)25-11-4-5-12-25/h2-7,11-12H,8-10,13-16H2,1H3,(H,23,27). The third kappa shape index (κ3) is 3.96. The zero-order valence-corrected chi connectivity index (χ0v) is 16.6. The van der Waals surface area contributed by atoms with Gasteiger partial charge in [0.15, 0.2) is 0 Å². The van der Waals surface area contributed by atoms with Crippen molar-refractivity contribution >= 4 is 16.8 Å². The number of hydrogen-bond acceptors (Lipinski definition) is 4. The lowest BCUT2D eigenvalue weighted by atomic mass is 9.86. The molecule has 1 aliphatic heterocycles. The van der Waals surface area contributed by atoms with Crippen molar-refractivity contribution in [1.29, 1.82) is 0 Å². The summed E-state index contributed by atoms with van der Waals surface area (Å²) in [5.74, 6) is 0.635. The molecule has 7 nitrogen and oxygen atoms in total. The highest BCUT2D eigenvalue weighted by atomic mass is 16.5. The topological polar surface area (TPSA) is 78.2 Å². The second-order valence-corrected chi connectivity index (χ2v) is 7.59. The van der Waals surface area contributed by atoms with Gasteiger partial charge in [-0.25, -0.2) is 4.98 Å². The van der Waals surface area contributed by atoms with E-state index in [-0.39, 0.29) is 17.0 Å². The van der Waals surface area contributed by atoms with Gasteiger partial charge in [-0.1, -0.05) is 12.1 Å². The third-order valence-corrected chi connectivity index (χ3v) is 5.78. The van der Waals surface area contributed by atoms with Gasteiger partial charge in [0.05, 0.1) is 22.9 Å². The van der Waals surface area contributed by atoms with Crippen molar-refractivity contribution in [2.24, 2.45) is 0 Å². The Morgan fingerprint density at radius 1 is 1.17 bits per heavy atom.